The van der Waals surface area contributed by atoms with E-state index in [1.807, 2.05) is 59.2 Å². The fourth-order valence-corrected chi connectivity index (χ4v) is 4.79. The molecule has 8 heteroatoms. The number of para-hydroxylation sites is 2. The Morgan fingerprint density at radius 1 is 1.06 bits per heavy atom. The van der Waals surface area contributed by atoms with E-state index in [0.29, 0.717) is 22.3 Å². The van der Waals surface area contributed by atoms with Crippen molar-refractivity contribution in [1.29, 1.82) is 0 Å². The van der Waals surface area contributed by atoms with Gasteiger partial charge in [-0.3, -0.25) is 9.55 Å². The minimum Gasteiger partial charge on any atom is -0.460 e. The molecule has 7 nitrogen and oxygen atoms in total. The van der Waals surface area contributed by atoms with Crippen molar-refractivity contribution < 1.29 is 13.9 Å². The number of aryl methyl sites for hydroxylation is 1. The molecule has 0 atom stereocenters. The third kappa shape index (κ3) is 4.08. The highest BCUT2D eigenvalue weighted by molar-refractivity contribution is 7.98. The van der Waals surface area contributed by atoms with Crippen molar-refractivity contribution in [3.8, 4) is 17.1 Å². The number of furan rings is 1. The van der Waals surface area contributed by atoms with Gasteiger partial charge in [-0.25, -0.2) is 4.79 Å². The van der Waals surface area contributed by atoms with E-state index >= 15 is 0 Å². The van der Waals surface area contributed by atoms with E-state index in [0.717, 1.165) is 27.8 Å². The van der Waals surface area contributed by atoms with Crippen LogP contribution in [0.4, 0.5) is 0 Å². The lowest BCUT2D eigenvalue weighted by molar-refractivity contribution is 0.0491. The number of ether oxygens (including phenoxy) is 1. The Morgan fingerprint density at radius 2 is 1.88 bits per heavy atom. The number of thioether (sulfide) groups is 1. The van der Waals surface area contributed by atoms with Crippen molar-refractivity contribution in [3.63, 3.8) is 0 Å². The summed E-state index contributed by atoms with van der Waals surface area (Å²) in [5.41, 5.74) is 4.37. The third-order valence-electron chi connectivity index (χ3n) is 5.41. The molecule has 0 N–H and O–H groups in total. The molecule has 0 saturated heterocycles. The number of fused-ring (bicyclic) bond motifs is 1. The molecule has 170 valence electrons. The van der Waals surface area contributed by atoms with Crippen LogP contribution in [-0.4, -0.2) is 32.3 Å². The minimum absolute atomic E-state index is 0.227. The van der Waals surface area contributed by atoms with Gasteiger partial charge < -0.3 is 9.15 Å². The lowest BCUT2D eigenvalue weighted by Gasteiger charge is -2.12. The van der Waals surface area contributed by atoms with Crippen molar-refractivity contribution in [2.24, 2.45) is 0 Å². The van der Waals surface area contributed by atoms with Crippen LogP contribution < -0.4 is 0 Å². The minimum atomic E-state index is -0.467. The van der Waals surface area contributed by atoms with Gasteiger partial charge in [0.1, 0.15) is 5.58 Å². The largest absolute Gasteiger partial charge is 0.460 e. The monoisotopic (exact) mass is 470 g/mol. The van der Waals surface area contributed by atoms with Crippen LogP contribution in [0.1, 0.15) is 28.6 Å². The lowest BCUT2D eigenvalue weighted by atomic mass is 10.1. The molecule has 2 aromatic carbocycles. The lowest BCUT2D eigenvalue weighted by Crippen LogP contribution is -2.06. The highest BCUT2D eigenvalue weighted by atomic mass is 32.2. The first-order chi connectivity index (χ1) is 16.7. The van der Waals surface area contributed by atoms with Gasteiger partial charge in [-0.1, -0.05) is 48.2 Å². The van der Waals surface area contributed by atoms with Crippen molar-refractivity contribution in [2.45, 2.75) is 24.8 Å². The summed E-state index contributed by atoms with van der Waals surface area (Å²) in [5, 5.41) is 10.6. The molecule has 0 aliphatic heterocycles. The normalized spacial score (nSPS) is 11.1. The smallest absolute Gasteiger partial charge is 0.374 e. The molecule has 0 unspecified atom stereocenters. The van der Waals surface area contributed by atoms with Crippen LogP contribution in [-0.2, 0) is 10.5 Å². The van der Waals surface area contributed by atoms with Crippen LogP contribution in [0.3, 0.4) is 0 Å². The first kappa shape index (κ1) is 21.9. The number of pyridine rings is 1. The molecule has 3 heterocycles. The van der Waals surface area contributed by atoms with Gasteiger partial charge in [-0.05, 0) is 43.7 Å². The van der Waals surface area contributed by atoms with Gasteiger partial charge >= 0.3 is 5.97 Å². The van der Waals surface area contributed by atoms with E-state index in [-0.39, 0.29) is 12.4 Å². The van der Waals surface area contributed by atoms with Crippen LogP contribution in [0.5, 0.6) is 0 Å². The first-order valence-corrected chi connectivity index (χ1v) is 11.9. The number of esters is 1. The Hall–Kier alpha value is -3.91. The number of rotatable bonds is 7. The summed E-state index contributed by atoms with van der Waals surface area (Å²) in [5.74, 6) is 0.922. The van der Waals surface area contributed by atoms with Crippen molar-refractivity contribution in [2.75, 3.05) is 6.61 Å². The number of hydrogen-bond donors (Lipinski definition) is 0. The molecule has 0 fully saturated rings. The summed E-state index contributed by atoms with van der Waals surface area (Å²) in [4.78, 5) is 16.8. The maximum absolute atomic E-state index is 12.6. The molecule has 0 spiro atoms. The molecular weight excluding hydrogens is 448 g/mol. The SMILES string of the molecule is CCOC(=O)c1oc2ccccc2c1CSc1nnc(-c2cccnc2)n1-c1ccccc1C. The Morgan fingerprint density at radius 3 is 2.68 bits per heavy atom. The van der Waals surface area contributed by atoms with Gasteiger partial charge in [0.2, 0.25) is 5.76 Å². The average molecular weight is 471 g/mol. The van der Waals surface area contributed by atoms with Gasteiger partial charge in [0, 0.05) is 34.7 Å². The molecule has 0 radical (unpaired) electrons. The number of nitrogens with zero attached hydrogens (tertiary/aromatic N) is 4. The molecule has 0 aliphatic rings. The van der Waals surface area contributed by atoms with Gasteiger partial charge in [0.25, 0.3) is 0 Å². The number of benzene rings is 2. The first-order valence-electron chi connectivity index (χ1n) is 10.9. The molecular formula is C26H22N4O3S. The van der Waals surface area contributed by atoms with Gasteiger partial charge in [0.05, 0.1) is 12.3 Å². The predicted octanol–water partition coefficient (Wildman–Crippen LogP) is 5.85. The number of carbonyl (C=O) groups is 1. The fraction of sp³-hybridized carbons (Fsp3) is 0.154. The summed E-state index contributed by atoms with van der Waals surface area (Å²) in [6, 6.07) is 19.5. The second-order valence-electron chi connectivity index (χ2n) is 7.58. The Balaban J connectivity index is 1.58. The van der Waals surface area contributed by atoms with Crippen LogP contribution in [0.2, 0.25) is 0 Å². The molecule has 0 aliphatic carbocycles. The molecule has 34 heavy (non-hydrogen) atoms. The molecule has 0 amide bonds. The zero-order valence-corrected chi connectivity index (χ0v) is 19.6. The van der Waals surface area contributed by atoms with Crippen molar-refractivity contribution in [1.82, 2.24) is 19.7 Å². The molecule has 5 rings (SSSR count). The fourth-order valence-electron chi connectivity index (χ4n) is 3.82. The zero-order valence-electron chi connectivity index (χ0n) is 18.8. The summed E-state index contributed by atoms with van der Waals surface area (Å²) < 4.78 is 13.1. The number of carbonyl (C=O) groups excluding carboxylic acids is 1. The quantitative estimate of drug-likeness (QED) is 0.218. The third-order valence-corrected chi connectivity index (χ3v) is 6.37. The zero-order chi connectivity index (χ0) is 23.5. The molecule has 0 saturated carbocycles. The maximum atomic E-state index is 12.6. The van der Waals surface area contributed by atoms with Gasteiger partial charge in [0.15, 0.2) is 11.0 Å². The molecule has 0 bridgehead atoms. The summed E-state index contributed by atoms with van der Waals surface area (Å²) in [6.45, 7) is 4.11. The van der Waals surface area contributed by atoms with Crippen molar-refractivity contribution >= 4 is 28.7 Å². The van der Waals surface area contributed by atoms with Crippen LogP contribution >= 0.6 is 11.8 Å². The van der Waals surface area contributed by atoms with Crippen molar-refractivity contribution in [3.05, 3.63) is 89.9 Å². The van der Waals surface area contributed by atoms with E-state index in [1.165, 1.54) is 11.8 Å². The Kier molecular flexibility index (Phi) is 6.14. The van der Waals surface area contributed by atoms with E-state index in [4.69, 9.17) is 9.15 Å². The van der Waals surface area contributed by atoms with Gasteiger partial charge in [-0.2, -0.15) is 0 Å². The number of aromatic nitrogens is 4. The highest BCUT2D eigenvalue weighted by Gasteiger charge is 2.24. The molecule has 5 aromatic rings. The summed E-state index contributed by atoms with van der Waals surface area (Å²) in [7, 11) is 0. The van der Waals surface area contributed by atoms with Crippen LogP contribution in [0.25, 0.3) is 28.0 Å². The molecule has 3 aromatic heterocycles. The van der Waals surface area contributed by atoms with E-state index in [1.54, 1.807) is 19.3 Å². The standard InChI is InChI=1S/C26H22N4O3S/c1-3-32-25(31)23-20(19-11-5-7-13-22(19)33-23)16-34-26-29-28-24(18-10-8-14-27-15-18)30(26)21-12-6-4-9-17(21)2/h4-15H,3,16H2,1-2H3. The Bertz CT molecular complexity index is 1460. The summed E-state index contributed by atoms with van der Waals surface area (Å²) >= 11 is 1.49. The summed E-state index contributed by atoms with van der Waals surface area (Å²) in [6.07, 6.45) is 3.50. The average Bonchev–Trinajstić information content (AvgIpc) is 3.45. The van der Waals surface area contributed by atoms with E-state index < -0.39 is 5.97 Å². The maximum Gasteiger partial charge on any atom is 0.374 e. The Labute approximate surface area is 200 Å². The predicted molar refractivity (Wildman–Crippen MR) is 131 cm³/mol. The van der Waals surface area contributed by atoms with Crippen LogP contribution in [0.15, 0.2) is 82.6 Å². The highest BCUT2D eigenvalue weighted by Crippen LogP contribution is 2.35. The second-order valence-corrected chi connectivity index (χ2v) is 8.53. The van der Waals surface area contributed by atoms with E-state index in [2.05, 4.69) is 28.2 Å². The van der Waals surface area contributed by atoms with E-state index in [9.17, 15) is 4.79 Å². The van der Waals surface area contributed by atoms with Gasteiger partial charge in [-0.15, -0.1) is 10.2 Å². The van der Waals surface area contributed by atoms with Crippen LogP contribution in [0, 0.1) is 6.92 Å². The topological polar surface area (TPSA) is 83.0 Å². The second kappa shape index (κ2) is 9.52. The number of hydrogen-bond acceptors (Lipinski definition) is 7.